The van der Waals surface area contributed by atoms with Crippen molar-refractivity contribution < 1.29 is 9.18 Å². The summed E-state index contributed by atoms with van der Waals surface area (Å²) < 4.78 is 13.7. The molecule has 3 rings (SSSR count). The fraction of sp³-hybridized carbons (Fsp3) is 0.235. The first-order chi connectivity index (χ1) is 10.6. The van der Waals surface area contributed by atoms with Crippen molar-refractivity contribution in [2.24, 2.45) is 0 Å². The van der Waals surface area contributed by atoms with Crippen molar-refractivity contribution in [1.29, 1.82) is 0 Å². The van der Waals surface area contributed by atoms with E-state index in [0.29, 0.717) is 5.69 Å². The monoisotopic (exact) mass is 318 g/mol. The summed E-state index contributed by atoms with van der Waals surface area (Å²) in [6.07, 6.45) is 2.43. The molecule has 0 bridgehead atoms. The minimum atomic E-state index is -0.626. The molecule has 2 aromatic rings. The van der Waals surface area contributed by atoms with Gasteiger partial charge in [-0.1, -0.05) is 11.6 Å². The first kappa shape index (κ1) is 14.9. The zero-order chi connectivity index (χ0) is 15.5. The van der Waals surface area contributed by atoms with Crippen LogP contribution in [0.2, 0.25) is 5.02 Å². The van der Waals surface area contributed by atoms with Crippen LogP contribution in [-0.2, 0) is 0 Å². The highest BCUT2D eigenvalue weighted by atomic mass is 35.5. The van der Waals surface area contributed by atoms with Crippen molar-refractivity contribution in [3.05, 3.63) is 58.9 Å². The highest BCUT2D eigenvalue weighted by molar-refractivity contribution is 6.30. The molecule has 5 heteroatoms. The highest BCUT2D eigenvalue weighted by Gasteiger charge is 2.14. The van der Waals surface area contributed by atoms with Gasteiger partial charge in [-0.3, -0.25) is 4.79 Å². The van der Waals surface area contributed by atoms with Crippen molar-refractivity contribution in [3.63, 3.8) is 0 Å². The van der Waals surface area contributed by atoms with Gasteiger partial charge in [0.05, 0.1) is 5.56 Å². The van der Waals surface area contributed by atoms with Crippen LogP contribution in [-0.4, -0.2) is 19.0 Å². The van der Waals surface area contributed by atoms with Gasteiger partial charge in [-0.05, 0) is 55.3 Å². The van der Waals surface area contributed by atoms with Crippen LogP contribution in [0.1, 0.15) is 23.2 Å². The van der Waals surface area contributed by atoms with Crippen LogP contribution < -0.4 is 10.2 Å². The van der Waals surface area contributed by atoms with Crippen molar-refractivity contribution in [2.45, 2.75) is 12.8 Å². The number of hydrogen-bond donors (Lipinski definition) is 1. The molecule has 1 aliphatic heterocycles. The molecule has 0 unspecified atom stereocenters. The molecule has 22 heavy (non-hydrogen) atoms. The topological polar surface area (TPSA) is 32.3 Å². The van der Waals surface area contributed by atoms with E-state index in [-0.39, 0.29) is 10.6 Å². The maximum Gasteiger partial charge on any atom is 0.258 e. The predicted octanol–water partition coefficient (Wildman–Crippen LogP) is 4.33. The van der Waals surface area contributed by atoms with Gasteiger partial charge in [0.2, 0.25) is 0 Å². The van der Waals surface area contributed by atoms with Gasteiger partial charge in [0.1, 0.15) is 5.82 Å². The Hall–Kier alpha value is -2.07. The summed E-state index contributed by atoms with van der Waals surface area (Å²) >= 11 is 5.69. The molecule has 0 saturated carbocycles. The predicted molar refractivity (Wildman–Crippen MR) is 87.3 cm³/mol. The number of halogens is 2. The van der Waals surface area contributed by atoms with Crippen LogP contribution in [0.4, 0.5) is 15.8 Å². The second kappa shape index (κ2) is 6.36. The second-order valence-corrected chi connectivity index (χ2v) is 5.76. The molecule has 1 heterocycles. The highest BCUT2D eigenvalue weighted by Crippen LogP contribution is 2.23. The van der Waals surface area contributed by atoms with Crippen LogP contribution >= 0.6 is 11.6 Å². The molecule has 0 aromatic heterocycles. The molecular formula is C17H16ClFN2O. The van der Waals surface area contributed by atoms with Crippen LogP contribution in [0.15, 0.2) is 42.5 Å². The zero-order valence-electron chi connectivity index (χ0n) is 12.0. The Labute approximate surface area is 133 Å². The largest absolute Gasteiger partial charge is 0.372 e. The van der Waals surface area contributed by atoms with Crippen LogP contribution in [0, 0.1) is 5.82 Å². The standard InChI is InChI=1S/C17H16ClFN2O/c18-12-3-8-15(16(19)11-12)17(22)20-13-4-6-14(7-5-13)21-9-1-2-10-21/h3-8,11H,1-2,9-10H2,(H,20,22). The van der Waals surface area contributed by atoms with Crippen LogP contribution in [0.25, 0.3) is 0 Å². The Balaban J connectivity index is 1.71. The zero-order valence-corrected chi connectivity index (χ0v) is 12.7. The number of hydrogen-bond acceptors (Lipinski definition) is 2. The van der Waals surface area contributed by atoms with Gasteiger partial charge >= 0.3 is 0 Å². The molecule has 0 aliphatic carbocycles. The van der Waals surface area contributed by atoms with E-state index in [1.54, 1.807) is 0 Å². The van der Waals surface area contributed by atoms with Crippen molar-refractivity contribution >= 4 is 28.9 Å². The van der Waals surface area contributed by atoms with Gasteiger partial charge in [0, 0.05) is 29.5 Å². The Morgan fingerprint density at radius 2 is 1.77 bits per heavy atom. The lowest BCUT2D eigenvalue weighted by molar-refractivity contribution is 0.102. The van der Waals surface area contributed by atoms with Gasteiger partial charge in [-0.15, -0.1) is 0 Å². The van der Waals surface area contributed by atoms with E-state index in [1.165, 1.54) is 25.0 Å². The fourth-order valence-corrected chi connectivity index (χ4v) is 2.76. The van der Waals surface area contributed by atoms with E-state index < -0.39 is 11.7 Å². The summed E-state index contributed by atoms with van der Waals surface area (Å²) in [7, 11) is 0. The minimum Gasteiger partial charge on any atom is -0.372 e. The molecule has 1 N–H and O–H groups in total. The van der Waals surface area contributed by atoms with Crippen molar-refractivity contribution in [1.82, 2.24) is 0 Å². The summed E-state index contributed by atoms with van der Waals surface area (Å²) in [6, 6.07) is 11.6. The van der Waals surface area contributed by atoms with Crippen molar-refractivity contribution in [3.8, 4) is 0 Å². The Morgan fingerprint density at radius 1 is 1.09 bits per heavy atom. The smallest absolute Gasteiger partial charge is 0.258 e. The summed E-state index contributed by atoms with van der Waals surface area (Å²) in [5.74, 6) is -1.11. The number of nitrogens with one attached hydrogen (secondary N) is 1. The van der Waals surface area contributed by atoms with E-state index in [2.05, 4.69) is 10.2 Å². The average Bonchev–Trinajstić information content (AvgIpc) is 3.02. The number of amides is 1. The third kappa shape index (κ3) is 3.22. The normalized spacial score (nSPS) is 14.2. The molecule has 1 amide bonds. The lowest BCUT2D eigenvalue weighted by Crippen LogP contribution is -2.17. The third-order valence-electron chi connectivity index (χ3n) is 3.77. The van der Waals surface area contributed by atoms with Gasteiger partial charge in [0.15, 0.2) is 0 Å². The molecule has 1 saturated heterocycles. The first-order valence-corrected chi connectivity index (χ1v) is 7.63. The van der Waals surface area contributed by atoms with E-state index in [1.807, 2.05) is 24.3 Å². The van der Waals surface area contributed by atoms with E-state index in [9.17, 15) is 9.18 Å². The molecule has 0 radical (unpaired) electrons. The summed E-state index contributed by atoms with van der Waals surface area (Å²) in [4.78, 5) is 14.4. The van der Waals surface area contributed by atoms with E-state index >= 15 is 0 Å². The molecule has 3 nitrogen and oxygen atoms in total. The minimum absolute atomic E-state index is 0.0204. The lowest BCUT2D eigenvalue weighted by Gasteiger charge is -2.17. The number of nitrogens with zero attached hydrogens (tertiary/aromatic N) is 1. The summed E-state index contributed by atoms with van der Waals surface area (Å²) in [5.41, 5.74) is 1.77. The molecular weight excluding hydrogens is 303 g/mol. The first-order valence-electron chi connectivity index (χ1n) is 7.25. The molecule has 1 fully saturated rings. The molecule has 2 aromatic carbocycles. The molecule has 0 atom stereocenters. The number of benzene rings is 2. The van der Waals surface area contributed by atoms with E-state index in [4.69, 9.17) is 11.6 Å². The van der Waals surface area contributed by atoms with Crippen LogP contribution in [0.3, 0.4) is 0 Å². The summed E-state index contributed by atoms with van der Waals surface area (Å²) in [6.45, 7) is 2.14. The molecule has 1 aliphatic rings. The maximum absolute atomic E-state index is 13.7. The lowest BCUT2D eigenvalue weighted by atomic mass is 10.2. The molecule has 0 spiro atoms. The maximum atomic E-state index is 13.7. The van der Waals surface area contributed by atoms with Gasteiger partial charge in [0.25, 0.3) is 5.91 Å². The Kier molecular flexibility index (Phi) is 4.29. The molecule has 114 valence electrons. The van der Waals surface area contributed by atoms with E-state index in [0.717, 1.165) is 24.8 Å². The summed E-state index contributed by atoms with van der Waals surface area (Å²) in [5, 5.41) is 2.96. The average molecular weight is 319 g/mol. The Morgan fingerprint density at radius 3 is 2.41 bits per heavy atom. The third-order valence-corrected chi connectivity index (χ3v) is 4.01. The van der Waals surface area contributed by atoms with Gasteiger partial charge in [-0.25, -0.2) is 4.39 Å². The number of rotatable bonds is 3. The van der Waals surface area contributed by atoms with Gasteiger partial charge in [-0.2, -0.15) is 0 Å². The fourth-order valence-electron chi connectivity index (χ4n) is 2.60. The quantitative estimate of drug-likeness (QED) is 0.913. The Bertz CT molecular complexity index is 682. The van der Waals surface area contributed by atoms with Crippen molar-refractivity contribution in [2.75, 3.05) is 23.3 Å². The number of carbonyl (C=O) groups is 1. The SMILES string of the molecule is O=C(Nc1ccc(N2CCCC2)cc1)c1ccc(Cl)cc1F. The van der Waals surface area contributed by atoms with Gasteiger partial charge < -0.3 is 10.2 Å². The number of carbonyl (C=O) groups excluding carboxylic acids is 1. The second-order valence-electron chi connectivity index (χ2n) is 5.32. The number of anilines is 2. The van der Waals surface area contributed by atoms with Crippen LogP contribution in [0.5, 0.6) is 0 Å².